The molecule has 2 atom stereocenters. The van der Waals surface area contributed by atoms with Crippen LogP contribution in [-0.4, -0.2) is 28.0 Å². The third-order valence-corrected chi connectivity index (χ3v) is 4.56. The highest BCUT2D eigenvalue weighted by atomic mass is 16.5. The van der Waals surface area contributed by atoms with Crippen LogP contribution < -0.4 is 10.1 Å². The predicted octanol–water partition coefficient (Wildman–Crippen LogP) is 2.57. The fourth-order valence-electron chi connectivity index (χ4n) is 3.03. The average Bonchev–Trinajstić information content (AvgIpc) is 2.87. The summed E-state index contributed by atoms with van der Waals surface area (Å²) >= 11 is 0. The van der Waals surface area contributed by atoms with E-state index < -0.39 is 6.10 Å². The molecule has 0 unspecified atom stereocenters. The Morgan fingerprint density at radius 2 is 2.17 bits per heavy atom. The molecular formula is C18H25N3O2. The van der Waals surface area contributed by atoms with Crippen LogP contribution in [0.25, 0.3) is 0 Å². The van der Waals surface area contributed by atoms with Crippen molar-refractivity contribution in [1.82, 2.24) is 15.1 Å². The first-order valence-electron chi connectivity index (χ1n) is 8.18. The molecule has 0 saturated carbocycles. The second-order valence-corrected chi connectivity index (χ2v) is 6.39. The van der Waals surface area contributed by atoms with Crippen molar-refractivity contribution in [3.05, 3.63) is 46.8 Å². The maximum atomic E-state index is 10.3. The number of rotatable bonds is 4. The zero-order valence-corrected chi connectivity index (χ0v) is 14.0. The van der Waals surface area contributed by atoms with Gasteiger partial charge in [0.2, 0.25) is 0 Å². The molecule has 5 nitrogen and oxygen atoms in total. The summed E-state index contributed by atoms with van der Waals surface area (Å²) in [4.78, 5) is 0. The van der Waals surface area contributed by atoms with Gasteiger partial charge in [-0.05, 0) is 43.9 Å². The van der Waals surface area contributed by atoms with Crippen LogP contribution in [0.5, 0.6) is 5.75 Å². The third kappa shape index (κ3) is 3.57. The van der Waals surface area contributed by atoms with Crippen molar-refractivity contribution in [1.29, 1.82) is 0 Å². The van der Waals surface area contributed by atoms with Crippen molar-refractivity contribution >= 4 is 0 Å². The Morgan fingerprint density at radius 1 is 1.39 bits per heavy atom. The molecule has 5 heteroatoms. The number of fused-ring (bicyclic) bond motifs is 1. The number of aromatic nitrogens is 2. The van der Waals surface area contributed by atoms with Crippen LogP contribution in [0.3, 0.4) is 0 Å². The van der Waals surface area contributed by atoms with Crippen molar-refractivity contribution < 1.29 is 9.84 Å². The molecule has 2 N–H and O–H groups in total. The van der Waals surface area contributed by atoms with Crippen LogP contribution in [0.1, 0.15) is 47.2 Å². The third-order valence-electron chi connectivity index (χ3n) is 4.56. The first kappa shape index (κ1) is 16.0. The van der Waals surface area contributed by atoms with Gasteiger partial charge in [0.15, 0.2) is 0 Å². The molecule has 0 aliphatic carbocycles. The molecular weight excluding hydrogens is 290 g/mol. The lowest BCUT2D eigenvalue weighted by Crippen LogP contribution is -2.26. The highest BCUT2D eigenvalue weighted by Crippen LogP contribution is 2.34. The Kier molecular flexibility index (Phi) is 4.68. The molecule has 124 valence electrons. The number of hydrogen-bond acceptors (Lipinski definition) is 4. The molecule has 0 spiro atoms. The number of aliphatic hydroxyl groups excluding tert-OH is 1. The van der Waals surface area contributed by atoms with E-state index in [1.54, 1.807) is 10.9 Å². The summed E-state index contributed by atoms with van der Waals surface area (Å²) < 4.78 is 7.60. The summed E-state index contributed by atoms with van der Waals surface area (Å²) in [6, 6.07) is 4.55. The van der Waals surface area contributed by atoms with E-state index in [0.29, 0.717) is 6.54 Å². The summed E-state index contributed by atoms with van der Waals surface area (Å²) in [6.45, 7) is 5.49. The van der Waals surface area contributed by atoms with Gasteiger partial charge in [-0.2, -0.15) is 5.10 Å². The largest absolute Gasteiger partial charge is 0.493 e. The zero-order valence-electron chi connectivity index (χ0n) is 14.0. The van der Waals surface area contributed by atoms with Gasteiger partial charge in [-0.1, -0.05) is 6.07 Å². The quantitative estimate of drug-likeness (QED) is 0.910. The second-order valence-electron chi connectivity index (χ2n) is 6.39. The van der Waals surface area contributed by atoms with Crippen LogP contribution in [0.4, 0.5) is 0 Å². The zero-order chi connectivity index (χ0) is 16.4. The molecule has 1 aliphatic heterocycles. The van der Waals surface area contributed by atoms with Gasteiger partial charge >= 0.3 is 0 Å². The van der Waals surface area contributed by atoms with Crippen molar-refractivity contribution in [3.63, 3.8) is 0 Å². The van der Waals surface area contributed by atoms with E-state index in [0.717, 1.165) is 30.8 Å². The molecule has 1 aromatic heterocycles. The van der Waals surface area contributed by atoms with Crippen LogP contribution in [0.2, 0.25) is 0 Å². The average molecular weight is 315 g/mol. The van der Waals surface area contributed by atoms with Gasteiger partial charge in [0.1, 0.15) is 5.75 Å². The molecule has 1 aromatic carbocycles. The number of nitrogens with one attached hydrogen (secondary N) is 1. The number of nitrogens with zero attached hydrogens (tertiary/aromatic N) is 2. The summed E-state index contributed by atoms with van der Waals surface area (Å²) in [7, 11) is 1.85. The summed E-state index contributed by atoms with van der Waals surface area (Å²) in [5, 5.41) is 18.0. The number of hydrogen-bond donors (Lipinski definition) is 2. The molecule has 0 bridgehead atoms. The van der Waals surface area contributed by atoms with Crippen molar-refractivity contribution in [2.24, 2.45) is 7.05 Å². The predicted molar refractivity (Wildman–Crippen MR) is 89.6 cm³/mol. The Labute approximate surface area is 137 Å². The first-order valence-corrected chi connectivity index (χ1v) is 8.18. The Bertz CT molecular complexity index is 681. The Balaban J connectivity index is 1.74. The molecule has 0 fully saturated rings. The smallest absolute Gasteiger partial charge is 0.124 e. The van der Waals surface area contributed by atoms with Gasteiger partial charge in [-0.25, -0.2) is 0 Å². The lowest BCUT2D eigenvalue weighted by atomic mass is 9.97. The Hall–Kier alpha value is -1.85. The molecule has 2 heterocycles. The minimum Gasteiger partial charge on any atom is -0.493 e. The second kappa shape index (κ2) is 6.72. The summed E-state index contributed by atoms with van der Waals surface area (Å²) in [6.07, 6.45) is 5.03. The van der Waals surface area contributed by atoms with Gasteiger partial charge in [0.05, 0.1) is 18.9 Å². The van der Waals surface area contributed by atoms with Crippen molar-refractivity contribution in [2.45, 2.75) is 38.8 Å². The van der Waals surface area contributed by atoms with Crippen LogP contribution >= 0.6 is 0 Å². The molecule has 3 rings (SSSR count). The highest BCUT2D eigenvalue weighted by Gasteiger charge is 2.21. The van der Waals surface area contributed by atoms with E-state index >= 15 is 0 Å². The van der Waals surface area contributed by atoms with Crippen molar-refractivity contribution in [3.8, 4) is 5.75 Å². The van der Waals surface area contributed by atoms with E-state index in [9.17, 15) is 5.11 Å². The molecule has 23 heavy (non-hydrogen) atoms. The number of benzene rings is 1. The number of ether oxygens (including phenoxy) is 1. The fraction of sp³-hybridized carbons (Fsp3) is 0.500. The van der Waals surface area contributed by atoms with Crippen LogP contribution in [-0.2, 0) is 7.05 Å². The van der Waals surface area contributed by atoms with Crippen molar-refractivity contribution in [2.75, 3.05) is 13.2 Å². The van der Waals surface area contributed by atoms with Crippen LogP contribution in [0, 0.1) is 13.8 Å². The van der Waals surface area contributed by atoms with E-state index in [2.05, 4.69) is 36.4 Å². The van der Waals surface area contributed by atoms with E-state index in [1.807, 2.05) is 13.2 Å². The van der Waals surface area contributed by atoms with Gasteiger partial charge < -0.3 is 15.2 Å². The molecule has 2 aromatic rings. The summed E-state index contributed by atoms with van der Waals surface area (Å²) in [5.41, 5.74) is 4.56. The monoisotopic (exact) mass is 315 g/mol. The topological polar surface area (TPSA) is 59.3 Å². The Morgan fingerprint density at radius 3 is 2.91 bits per heavy atom. The standard InChI is InChI=1S/C18H25N3O2/c1-12-7-15-16(5-4-6-23-18(15)8-13(12)2)19-10-17(22)14-9-20-21(3)11-14/h7-9,11,16-17,19,22H,4-6,10H2,1-3H3/t16-,17-/m1/s1. The molecule has 1 aliphatic rings. The van der Waals surface area contributed by atoms with E-state index in [4.69, 9.17) is 4.74 Å². The van der Waals surface area contributed by atoms with Gasteiger partial charge in [0, 0.05) is 37.0 Å². The van der Waals surface area contributed by atoms with E-state index in [1.165, 1.54) is 16.7 Å². The van der Waals surface area contributed by atoms with Gasteiger partial charge in [0.25, 0.3) is 0 Å². The SMILES string of the molecule is Cc1cc2c(cc1C)[C@H](NC[C@@H](O)c1cnn(C)c1)CCCO2. The van der Waals surface area contributed by atoms with Gasteiger partial charge in [-0.3, -0.25) is 4.68 Å². The number of aryl methyl sites for hydroxylation is 3. The van der Waals surface area contributed by atoms with E-state index in [-0.39, 0.29) is 6.04 Å². The molecule has 0 radical (unpaired) electrons. The highest BCUT2D eigenvalue weighted by molar-refractivity contribution is 5.44. The maximum absolute atomic E-state index is 10.3. The van der Waals surface area contributed by atoms with Gasteiger partial charge in [-0.15, -0.1) is 0 Å². The fourth-order valence-corrected chi connectivity index (χ4v) is 3.03. The van der Waals surface area contributed by atoms with Crippen LogP contribution in [0.15, 0.2) is 24.5 Å². The molecule has 0 amide bonds. The maximum Gasteiger partial charge on any atom is 0.124 e. The minimum atomic E-state index is -0.553. The lowest BCUT2D eigenvalue weighted by molar-refractivity contribution is 0.169. The first-order chi connectivity index (χ1) is 11.0. The molecule has 0 saturated heterocycles. The summed E-state index contributed by atoms with van der Waals surface area (Å²) in [5.74, 6) is 0.971. The lowest BCUT2D eigenvalue weighted by Gasteiger charge is -2.21. The number of aliphatic hydroxyl groups is 1. The minimum absolute atomic E-state index is 0.207. The normalized spacial score (nSPS) is 18.9.